The minimum atomic E-state index is -0.526. The molecular weight excluding hydrogens is 470 g/mol. The molecule has 200 valence electrons. The third-order valence-corrected chi connectivity index (χ3v) is 7.13. The van der Waals surface area contributed by atoms with E-state index in [0.717, 1.165) is 31.2 Å². The number of hydrogen-bond acceptors (Lipinski definition) is 5. The predicted octanol–water partition coefficient (Wildman–Crippen LogP) is 4.91. The van der Waals surface area contributed by atoms with Gasteiger partial charge in [-0.1, -0.05) is 31.4 Å². The second kappa shape index (κ2) is 11.4. The number of amides is 3. The highest BCUT2D eigenvalue weighted by atomic mass is 16.6. The summed E-state index contributed by atoms with van der Waals surface area (Å²) in [5, 5.41) is 3.09. The van der Waals surface area contributed by atoms with Gasteiger partial charge in [0.05, 0.1) is 5.69 Å². The lowest BCUT2D eigenvalue weighted by Gasteiger charge is -2.33. The predicted molar refractivity (Wildman–Crippen MR) is 141 cm³/mol. The SMILES string of the molecule is CN(C(=O)n1cnc(-c2cccc(C(=O)NC3CCN(C(=O)OC(C)(C)C)CC3)c2)c1)C1CCCCC1. The van der Waals surface area contributed by atoms with E-state index >= 15 is 0 Å². The topological polar surface area (TPSA) is 96.8 Å². The fourth-order valence-corrected chi connectivity index (χ4v) is 5.00. The highest BCUT2D eigenvalue weighted by Gasteiger charge is 2.28. The van der Waals surface area contributed by atoms with Crippen molar-refractivity contribution < 1.29 is 19.1 Å². The van der Waals surface area contributed by atoms with E-state index in [0.29, 0.717) is 37.2 Å². The van der Waals surface area contributed by atoms with Crippen LogP contribution in [0.4, 0.5) is 9.59 Å². The van der Waals surface area contributed by atoms with E-state index < -0.39 is 5.60 Å². The summed E-state index contributed by atoms with van der Waals surface area (Å²) in [6.45, 7) is 6.64. The maximum absolute atomic E-state index is 13.0. The minimum Gasteiger partial charge on any atom is -0.444 e. The Bertz CT molecular complexity index is 1110. The van der Waals surface area contributed by atoms with Crippen molar-refractivity contribution in [2.45, 2.75) is 83.4 Å². The maximum Gasteiger partial charge on any atom is 0.410 e. The first kappa shape index (κ1) is 26.7. The molecule has 1 aliphatic heterocycles. The number of aromatic nitrogens is 2. The van der Waals surface area contributed by atoms with Crippen LogP contribution < -0.4 is 5.32 Å². The van der Waals surface area contributed by atoms with Crippen LogP contribution in [0.15, 0.2) is 36.8 Å². The molecule has 0 spiro atoms. The van der Waals surface area contributed by atoms with Gasteiger partial charge in [-0.15, -0.1) is 0 Å². The van der Waals surface area contributed by atoms with Crippen LogP contribution in [0.25, 0.3) is 11.3 Å². The first-order valence-electron chi connectivity index (χ1n) is 13.3. The number of benzene rings is 1. The smallest absolute Gasteiger partial charge is 0.410 e. The highest BCUT2D eigenvalue weighted by Crippen LogP contribution is 2.24. The van der Waals surface area contributed by atoms with E-state index in [1.807, 2.05) is 44.9 Å². The van der Waals surface area contributed by atoms with Crippen LogP contribution in [0.3, 0.4) is 0 Å². The highest BCUT2D eigenvalue weighted by molar-refractivity contribution is 5.95. The molecule has 0 atom stereocenters. The van der Waals surface area contributed by atoms with Gasteiger partial charge in [0.1, 0.15) is 11.9 Å². The van der Waals surface area contributed by atoms with Crippen molar-refractivity contribution in [3.05, 3.63) is 42.4 Å². The van der Waals surface area contributed by atoms with Crippen LogP contribution in [-0.2, 0) is 4.74 Å². The van der Waals surface area contributed by atoms with E-state index in [1.165, 1.54) is 11.0 Å². The number of nitrogens with zero attached hydrogens (tertiary/aromatic N) is 4. The Labute approximate surface area is 219 Å². The lowest BCUT2D eigenvalue weighted by Crippen LogP contribution is -2.47. The zero-order valence-electron chi connectivity index (χ0n) is 22.4. The van der Waals surface area contributed by atoms with E-state index in [9.17, 15) is 14.4 Å². The number of carbonyl (C=O) groups is 3. The van der Waals surface area contributed by atoms with Gasteiger partial charge in [-0.3, -0.25) is 9.36 Å². The third-order valence-electron chi connectivity index (χ3n) is 7.13. The molecule has 2 aromatic rings. The summed E-state index contributed by atoms with van der Waals surface area (Å²) in [6, 6.07) is 7.46. The van der Waals surface area contributed by atoms with Gasteiger partial charge >= 0.3 is 12.1 Å². The number of carbonyl (C=O) groups excluding carboxylic acids is 3. The summed E-state index contributed by atoms with van der Waals surface area (Å²) in [7, 11) is 1.86. The van der Waals surface area contributed by atoms with Crippen molar-refractivity contribution in [3.8, 4) is 11.3 Å². The Kier molecular flexibility index (Phi) is 8.19. The van der Waals surface area contributed by atoms with Gasteiger partial charge in [0.2, 0.25) is 0 Å². The Hall–Kier alpha value is -3.36. The Morgan fingerprint density at radius 1 is 1.05 bits per heavy atom. The second-order valence-electron chi connectivity index (χ2n) is 11.1. The van der Waals surface area contributed by atoms with Crippen molar-refractivity contribution in [3.63, 3.8) is 0 Å². The van der Waals surface area contributed by atoms with Crippen LogP contribution in [-0.4, -0.2) is 75.2 Å². The molecule has 2 heterocycles. The monoisotopic (exact) mass is 509 g/mol. The molecule has 3 amide bonds. The number of hydrogen-bond donors (Lipinski definition) is 1. The van der Waals surface area contributed by atoms with Crippen molar-refractivity contribution in [1.29, 1.82) is 0 Å². The van der Waals surface area contributed by atoms with Gasteiger partial charge in [0.15, 0.2) is 0 Å². The zero-order chi connectivity index (χ0) is 26.6. The molecule has 37 heavy (non-hydrogen) atoms. The maximum atomic E-state index is 13.0. The van der Waals surface area contributed by atoms with Crippen LogP contribution in [0.5, 0.6) is 0 Å². The molecule has 0 radical (unpaired) electrons. The number of piperidine rings is 1. The van der Waals surface area contributed by atoms with Gasteiger partial charge in [-0.2, -0.15) is 0 Å². The number of rotatable bonds is 4. The molecule has 1 aromatic carbocycles. The van der Waals surface area contributed by atoms with Gasteiger partial charge in [-0.05, 0) is 58.6 Å². The number of ether oxygens (including phenoxy) is 1. The fraction of sp³-hybridized carbons (Fsp3) is 0.571. The largest absolute Gasteiger partial charge is 0.444 e. The molecule has 0 unspecified atom stereocenters. The summed E-state index contributed by atoms with van der Waals surface area (Å²) in [5.74, 6) is -0.162. The number of imidazole rings is 1. The molecule has 2 aliphatic rings. The molecule has 9 nitrogen and oxygen atoms in total. The lowest BCUT2D eigenvalue weighted by atomic mass is 9.95. The van der Waals surface area contributed by atoms with Gasteiger partial charge in [0, 0.05) is 49.5 Å². The summed E-state index contributed by atoms with van der Waals surface area (Å²) in [4.78, 5) is 46.2. The van der Waals surface area contributed by atoms with Crippen molar-refractivity contribution in [2.24, 2.45) is 0 Å². The Morgan fingerprint density at radius 3 is 2.43 bits per heavy atom. The molecule has 1 N–H and O–H groups in total. The molecule has 1 saturated carbocycles. The first-order chi connectivity index (χ1) is 17.6. The lowest BCUT2D eigenvalue weighted by molar-refractivity contribution is 0.0199. The summed E-state index contributed by atoms with van der Waals surface area (Å²) in [5.41, 5.74) is 1.43. The molecule has 4 rings (SSSR count). The Morgan fingerprint density at radius 2 is 1.76 bits per heavy atom. The molecule has 0 bridgehead atoms. The molecule has 1 aliphatic carbocycles. The molecule has 1 saturated heterocycles. The average Bonchev–Trinajstić information content (AvgIpc) is 3.38. The quantitative estimate of drug-likeness (QED) is 0.632. The van der Waals surface area contributed by atoms with Gasteiger partial charge < -0.3 is 19.9 Å². The van der Waals surface area contributed by atoms with Crippen molar-refractivity contribution in [2.75, 3.05) is 20.1 Å². The fourth-order valence-electron chi connectivity index (χ4n) is 5.00. The summed E-state index contributed by atoms with van der Waals surface area (Å²) in [6.07, 6.45) is 9.95. The van der Waals surface area contributed by atoms with Crippen molar-refractivity contribution >= 4 is 18.0 Å². The third kappa shape index (κ3) is 6.90. The van der Waals surface area contributed by atoms with Crippen LogP contribution >= 0.6 is 0 Å². The zero-order valence-corrected chi connectivity index (χ0v) is 22.4. The number of likely N-dealkylation sites (tertiary alicyclic amines) is 1. The van der Waals surface area contributed by atoms with E-state index in [1.54, 1.807) is 29.6 Å². The summed E-state index contributed by atoms with van der Waals surface area (Å²) < 4.78 is 6.97. The van der Waals surface area contributed by atoms with Crippen molar-refractivity contribution in [1.82, 2.24) is 24.7 Å². The molecular formula is C28H39N5O4. The standard InChI is InChI=1S/C28H39N5O4/c1-28(2,3)37-27(36)32-15-13-22(14-16-32)30-25(34)21-10-8-9-20(17-21)24-18-33(19-29-24)26(35)31(4)23-11-6-5-7-12-23/h8-10,17-19,22-23H,5-7,11-16H2,1-4H3,(H,30,34). The van der Waals surface area contributed by atoms with E-state index in [-0.39, 0.29) is 30.1 Å². The number of nitrogens with one attached hydrogen (secondary N) is 1. The molecule has 9 heteroatoms. The normalized spacial score (nSPS) is 17.4. The van der Waals surface area contributed by atoms with Crippen LogP contribution in [0, 0.1) is 0 Å². The molecule has 2 fully saturated rings. The van der Waals surface area contributed by atoms with Crippen LogP contribution in [0.1, 0.15) is 76.1 Å². The Balaban J connectivity index is 1.34. The van der Waals surface area contributed by atoms with Crippen LogP contribution in [0.2, 0.25) is 0 Å². The molecule has 1 aromatic heterocycles. The average molecular weight is 510 g/mol. The van der Waals surface area contributed by atoms with E-state index in [4.69, 9.17) is 4.74 Å². The summed E-state index contributed by atoms with van der Waals surface area (Å²) >= 11 is 0. The van der Waals surface area contributed by atoms with Gasteiger partial charge in [0.25, 0.3) is 5.91 Å². The van der Waals surface area contributed by atoms with E-state index in [2.05, 4.69) is 10.3 Å². The first-order valence-corrected chi connectivity index (χ1v) is 13.3. The minimum absolute atomic E-state index is 0.0120. The second-order valence-corrected chi connectivity index (χ2v) is 11.1. The van der Waals surface area contributed by atoms with Gasteiger partial charge in [-0.25, -0.2) is 14.6 Å².